The van der Waals surface area contributed by atoms with E-state index in [0.717, 1.165) is 22.4 Å². The van der Waals surface area contributed by atoms with E-state index in [9.17, 15) is 8.42 Å². The third-order valence-corrected chi connectivity index (χ3v) is 3.51. The van der Waals surface area contributed by atoms with Crippen LogP contribution in [0, 0.1) is 13.8 Å². The van der Waals surface area contributed by atoms with Gasteiger partial charge in [-0.05, 0) is 37.0 Å². The smallest absolute Gasteiger partial charge is 0.232 e. The van der Waals surface area contributed by atoms with Gasteiger partial charge in [-0.1, -0.05) is 12.1 Å². The number of hydrogen-bond donors (Lipinski definition) is 0. The molecule has 5 heteroatoms. The number of benzene rings is 1. The van der Waals surface area contributed by atoms with E-state index in [1.54, 1.807) is 7.11 Å². The summed E-state index contributed by atoms with van der Waals surface area (Å²) in [5, 5.41) is 0. The number of methoxy groups -OCH3 is 1. The van der Waals surface area contributed by atoms with Gasteiger partial charge in [0.2, 0.25) is 9.05 Å². The highest BCUT2D eigenvalue weighted by Gasteiger charge is 2.09. The number of aryl methyl sites for hydroxylation is 3. The number of ether oxygens (including phenoxy) is 1. The Balaban J connectivity index is 2.92. The summed E-state index contributed by atoms with van der Waals surface area (Å²) in [5.74, 6) is 0.803. The van der Waals surface area contributed by atoms with E-state index in [4.69, 9.17) is 15.4 Å². The Morgan fingerprint density at radius 3 is 2.12 bits per heavy atom. The van der Waals surface area contributed by atoms with Gasteiger partial charge in [0.15, 0.2) is 0 Å². The molecule has 0 aliphatic rings. The van der Waals surface area contributed by atoms with Gasteiger partial charge in [-0.2, -0.15) is 0 Å². The first-order valence-electron chi connectivity index (χ1n) is 4.90. The maximum absolute atomic E-state index is 10.8. The van der Waals surface area contributed by atoms with Crippen LogP contribution in [0.25, 0.3) is 0 Å². The number of rotatable bonds is 4. The molecule has 3 nitrogen and oxygen atoms in total. The lowest BCUT2D eigenvalue weighted by atomic mass is 10.0. The van der Waals surface area contributed by atoms with Crippen molar-refractivity contribution < 1.29 is 13.2 Å². The predicted octanol–water partition coefficient (Wildman–Crippen LogP) is 2.42. The van der Waals surface area contributed by atoms with Gasteiger partial charge in [0.05, 0.1) is 12.9 Å². The van der Waals surface area contributed by atoms with Gasteiger partial charge in [0, 0.05) is 10.7 Å². The Labute approximate surface area is 101 Å². The predicted molar refractivity (Wildman–Crippen MR) is 65.8 cm³/mol. The van der Waals surface area contributed by atoms with Crippen molar-refractivity contribution in [2.45, 2.75) is 20.3 Å². The zero-order valence-electron chi connectivity index (χ0n) is 9.58. The van der Waals surface area contributed by atoms with Crippen LogP contribution in [0.4, 0.5) is 0 Å². The molecule has 1 aromatic carbocycles. The summed E-state index contributed by atoms with van der Waals surface area (Å²) in [4.78, 5) is 0. The second kappa shape index (κ2) is 5.06. The quantitative estimate of drug-likeness (QED) is 0.783. The summed E-state index contributed by atoms with van der Waals surface area (Å²) in [6.45, 7) is 3.87. The van der Waals surface area contributed by atoms with E-state index in [0.29, 0.717) is 6.42 Å². The van der Waals surface area contributed by atoms with Crippen molar-refractivity contribution in [3.8, 4) is 5.75 Å². The molecule has 0 N–H and O–H groups in total. The zero-order valence-corrected chi connectivity index (χ0v) is 11.2. The van der Waals surface area contributed by atoms with Crippen LogP contribution < -0.4 is 4.74 Å². The van der Waals surface area contributed by atoms with Gasteiger partial charge in [-0.25, -0.2) is 8.42 Å². The van der Waals surface area contributed by atoms with Crippen molar-refractivity contribution in [2.24, 2.45) is 0 Å². The van der Waals surface area contributed by atoms with E-state index in [1.807, 2.05) is 26.0 Å². The first-order valence-corrected chi connectivity index (χ1v) is 7.38. The molecule has 0 radical (unpaired) electrons. The fourth-order valence-corrected chi connectivity index (χ4v) is 2.46. The minimum Gasteiger partial charge on any atom is -0.496 e. The Hall–Kier alpha value is -0.740. The van der Waals surface area contributed by atoms with E-state index in [2.05, 4.69) is 0 Å². The van der Waals surface area contributed by atoms with Crippen LogP contribution in [0.15, 0.2) is 12.1 Å². The normalized spacial score (nSPS) is 11.5. The largest absolute Gasteiger partial charge is 0.496 e. The molecule has 0 unspecified atom stereocenters. The molecule has 16 heavy (non-hydrogen) atoms. The van der Waals surface area contributed by atoms with Crippen molar-refractivity contribution in [1.29, 1.82) is 0 Å². The van der Waals surface area contributed by atoms with Crippen LogP contribution in [-0.2, 0) is 15.5 Å². The SMILES string of the molecule is COc1c(C)cc(CCS(=O)(=O)Cl)cc1C. The summed E-state index contributed by atoms with van der Waals surface area (Å²) in [7, 11) is 3.37. The van der Waals surface area contributed by atoms with Crippen LogP contribution >= 0.6 is 10.7 Å². The lowest BCUT2D eigenvalue weighted by molar-refractivity contribution is 0.408. The van der Waals surface area contributed by atoms with E-state index in [-0.39, 0.29) is 5.75 Å². The second-order valence-corrected chi connectivity index (χ2v) is 6.65. The molecule has 0 atom stereocenters. The molecular formula is C11H15ClO3S. The third-order valence-electron chi connectivity index (χ3n) is 2.36. The summed E-state index contributed by atoms with van der Waals surface area (Å²) < 4.78 is 26.9. The molecule has 0 aromatic heterocycles. The maximum atomic E-state index is 10.8. The molecule has 0 fully saturated rings. The van der Waals surface area contributed by atoms with Gasteiger partial charge >= 0.3 is 0 Å². The molecule has 90 valence electrons. The second-order valence-electron chi connectivity index (χ2n) is 3.76. The van der Waals surface area contributed by atoms with Gasteiger partial charge < -0.3 is 4.74 Å². The molecular weight excluding hydrogens is 248 g/mol. The molecule has 0 amide bonds. The van der Waals surface area contributed by atoms with Crippen LogP contribution in [-0.4, -0.2) is 21.3 Å². The highest BCUT2D eigenvalue weighted by Crippen LogP contribution is 2.24. The van der Waals surface area contributed by atoms with Crippen molar-refractivity contribution in [3.05, 3.63) is 28.8 Å². The molecule has 0 spiro atoms. The van der Waals surface area contributed by atoms with E-state index in [1.165, 1.54) is 0 Å². The Morgan fingerprint density at radius 1 is 1.25 bits per heavy atom. The summed E-state index contributed by atoms with van der Waals surface area (Å²) >= 11 is 0. The molecule has 1 rings (SSSR count). The summed E-state index contributed by atoms with van der Waals surface area (Å²) in [6.07, 6.45) is 0.428. The Morgan fingerprint density at radius 2 is 1.75 bits per heavy atom. The van der Waals surface area contributed by atoms with E-state index < -0.39 is 9.05 Å². The van der Waals surface area contributed by atoms with Gasteiger partial charge in [0.1, 0.15) is 5.75 Å². The lowest BCUT2D eigenvalue weighted by Crippen LogP contribution is -2.02. The number of halogens is 1. The fourth-order valence-electron chi connectivity index (χ4n) is 1.75. The fraction of sp³-hybridized carbons (Fsp3) is 0.455. The molecule has 0 bridgehead atoms. The third kappa shape index (κ3) is 3.68. The van der Waals surface area contributed by atoms with Crippen molar-refractivity contribution >= 4 is 19.7 Å². The minimum atomic E-state index is -3.42. The number of hydrogen-bond acceptors (Lipinski definition) is 3. The van der Waals surface area contributed by atoms with Gasteiger partial charge in [-0.3, -0.25) is 0 Å². The topological polar surface area (TPSA) is 43.4 Å². The Bertz CT molecular complexity index is 457. The molecule has 0 saturated heterocycles. The Kier molecular flexibility index (Phi) is 4.21. The van der Waals surface area contributed by atoms with Gasteiger partial charge in [-0.15, -0.1) is 0 Å². The highest BCUT2D eigenvalue weighted by molar-refractivity contribution is 8.13. The molecule has 1 aromatic rings. The van der Waals surface area contributed by atoms with Crippen LogP contribution in [0.2, 0.25) is 0 Å². The van der Waals surface area contributed by atoms with E-state index >= 15 is 0 Å². The van der Waals surface area contributed by atoms with Crippen molar-refractivity contribution in [3.63, 3.8) is 0 Å². The minimum absolute atomic E-state index is 0.0419. The van der Waals surface area contributed by atoms with Crippen molar-refractivity contribution in [1.82, 2.24) is 0 Å². The molecule has 0 heterocycles. The molecule has 0 aliphatic heterocycles. The zero-order chi connectivity index (χ0) is 12.3. The summed E-state index contributed by atoms with van der Waals surface area (Å²) in [6, 6.07) is 3.85. The first kappa shape index (κ1) is 13.3. The van der Waals surface area contributed by atoms with Crippen LogP contribution in [0.3, 0.4) is 0 Å². The van der Waals surface area contributed by atoms with Gasteiger partial charge in [0.25, 0.3) is 0 Å². The van der Waals surface area contributed by atoms with Crippen molar-refractivity contribution in [2.75, 3.05) is 12.9 Å². The van der Waals surface area contributed by atoms with Crippen LogP contribution in [0.1, 0.15) is 16.7 Å². The maximum Gasteiger partial charge on any atom is 0.232 e. The van der Waals surface area contributed by atoms with Crippen LogP contribution in [0.5, 0.6) is 5.75 Å². The average molecular weight is 263 g/mol. The molecule has 0 saturated carbocycles. The lowest BCUT2D eigenvalue weighted by Gasteiger charge is -2.10. The molecule has 0 aliphatic carbocycles. The highest BCUT2D eigenvalue weighted by atomic mass is 35.7. The summed E-state index contributed by atoms with van der Waals surface area (Å²) in [5.41, 5.74) is 2.97. The monoisotopic (exact) mass is 262 g/mol. The average Bonchev–Trinajstić information content (AvgIpc) is 2.13. The standard InChI is InChI=1S/C11H15ClO3S/c1-8-6-10(4-5-16(12,13)14)7-9(2)11(8)15-3/h6-7H,4-5H2,1-3H3. The first-order chi connectivity index (χ1) is 7.33.